The second kappa shape index (κ2) is 11.1. The van der Waals surface area contributed by atoms with Crippen LogP contribution in [0.2, 0.25) is 0 Å². The van der Waals surface area contributed by atoms with E-state index in [1.54, 1.807) is 4.68 Å². The molecule has 2 aliphatic carbocycles. The van der Waals surface area contributed by atoms with Crippen LogP contribution in [0.4, 0.5) is 0 Å². The van der Waals surface area contributed by atoms with E-state index in [1.807, 2.05) is 27.0 Å². The molecule has 2 amide bonds. The van der Waals surface area contributed by atoms with E-state index >= 15 is 0 Å². The van der Waals surface area contributed by atoms with Crippen LogP contribution >= 0.6 is 0 Å². The number of carbonyl (C=O) groups excluding carboxylic acids is 2. The molecule has 1 aromatic heterocycles. The Morgan fingerprint density at radius 1 is 1.21 bits per heavy atom. The van der Waals surface area contributed by atoms with E-state index in [1.165, 1.54) is 16.0 Å². The number of aliphatic hydroxyl groups is 1. The first-order valence-electron chi connectivity index (χ1n) is 14.1. The minimum atomic E-state index is -0.734. The third-order valence-corrected chi connectivity index (χ3v) is 7.96. The van der Waals surface area contributed by atoms with Crippen LogP contribution in [0, 0.1) is 5.41 Å². The summed E-state index contributed by atoms with van der Waals surface area (Å²) in [5.41, 5.74) is 3.11. The molecule has 0 spiro atoms. The third kappa shape index (κ3) is 5.94. The first-order chi connectivity index (χ1) is 18.2. The van der Waals surface area contributed by atoms with Crippen LogP contribution in [0.5, 0.6) is 0 Å². The Kier molecular flexibility index (Phi) is 7.86. The van der Waals surface area contributed by atoms with Crippen molar-refractivity contribution in [2.45, 2.75) is 95.9 Å². The topological polar surface area (TPSA) is 110 Å². The molecule has 1 aromatic carbocycles. The predicted molar refractivity (Wildman–Crippen MR) is 142 cm³/mol. The summed E-state index contributed by atoms with van der Waals surface area (Å²) in [4.78, 5) is 28.5. The van der Waals surface area contributed by atoms with Crippen molar-refractivity contribution in [2.75, 3.05) is 19.7 Å². The van der Waals surface area contributed by atoms with Gasteiger partial charge in [0, 0.05) is 38.2 Å². The monoisotopic (exact) mass is 523 g/mol. The van der Waals surface area contributed by atoms with Crippen LogP contribution in [-0.2, 0) is 20.7 Å². The molecular formula is C29H41N5O4. The van der Waals surface area contributed by atoms with Gasteiger partial charge in [-0.3, -0.25) is 9.59 Å². The highest BCUT2D eigenvalue weighted by atomic mass is 16.5. The van der Waals surface area contributed by atoms with E-state index < -0.39 is 23.6 Å². The highest BCUT2D eigenvalue weighted by Crippen LogP contribution is 2.40. The highest BCUT2D eigenvalue weighted by molar-refractivity contribution is 5.90. The SMILES string of the molecule is CC(C)(C)[C@@H](C(=O)N1C[C@H](O)C[C@H]1C(=O)NCCCOC1CCCc2ccccc21)n1cc(C2CC2)nn1. The lowest BCUT2D eigenvalue weighted by atomic mass is 9.85. The number of carbonyl (C=O) groups is 2. The molecule has 2 N–H and O–H groups in total. The molecule has 2 heterocycles. The number of hydrogen-bond donors (Lipinski definition) is 2. The third-order valence-electron chi connectivity index (χ3n) is 7.96. The van der Waals surface area contributed by atoms with Crippen molar-refractivity contribution in [3.8, 4) is 0 Å². The molecule has 9 heteroatoms. The normalized spacial score (nSPS) is 24.2. The maximum Gasteiger partial charge on any atom is 0.248 e. The van der Waals surface area contributed by atoms with E-state index in [0.29, 0.717) is 25.5 Å². The van der Waals surface area contributed by atoms with E-state index in [-0.39, 0.29) is 30.9 Å². The minimum Gasteiger partial charge on any atom is -0.391 e. The van der Waals surface area contributed by atoms with Crippen LogP contribution in [-0.4, -0.2) is 68.7 Å². The molecule has 1 saturated carbocycles. The Hall–Kier alpha value is -2.78. The Balaban J connectivity index is 1.16. The van der Waals surface area contributed by atoms with E-state index in [4.69, 9.17) is 4.74 Å². The molecule has 5 rings (SSSR count). The van der Waals surface area contributed by atoms with Gasteiger partial charge >= 0.3 is 0 Å². The molecule has 38 heavy (non-hydrogen) atoms. The summed E-state index contributed by atoms with van der Waals surface area (Å²) < 4.78 is 7.81. The zero-order valence-corrected chi connectivity index (χ0v) is 22.8. The summed E-state index contributed by atoms with van der Waals surface area (Å²) in [5.74, 6) is -0.00739. The lowest BCUT2D eigenvalue weighted by Gasteiger charge is -2.34. The summed E-state index contributed by atoms with van der Waals surface area (Å²) in [5, 5.41) is 22.0. The average Bonchev–Trinajstić information content (AvgIpc) is 3.49. The van der Waals surface area contributed by atoms with E-state index in [9.17, 15) is 14.7 Å². The smallest absolute Gasteiger partial charge is 0.248 e. The largest absolute Gasteiger partial charge is 0.391 e. The predicted octanol–water partition coefficient (Wildman–Crippen LogP) is 3.31. The molecule has 1 aliphatic heterocycles. The number of fused-ring (bicyclic) bond motifs is 1. The number of hydrogen-bond acceptors (Lipinski definition) is 6. The lowest BCUT2D eigenvalue weighted by molar-refractivity contribution is -0.144. The molecule has 2 fully saturated rings. The van der Waals surface area contributed by atoms with Gasteiger partial charge in [0.25, 0.3) is 0 Å². The van der Waals surface area contributed by atoms with Crippen LogP contribution in [0.3, 0.4) is 0 Å². The van der Waals surface area contributed by atoms with Crippen molar-refractivity contribution in [1.29, 1.82) is 0 Å². The number of aliphatic hydroxyl groups excluding tert-OH is 1. The maximum atomic E-state index is 13.8. The van der Waals surface area contributed by atoms with Gasteiger partial charge in [0.2, 0.25) is 11.8 Å². The van der Waals surface area contributed by atoms with Crippen molar-refractivity contribution in [3.63, 3.8) is 0 Å². The molecular weight excluding hydrogens is 482 g/mol. The van der Waals surface area contributed by atoms with Crippen LogP contribution in [0.1, 0.15) is 94.2 Å². The fourth-order valence-corrected chi connectivity index (χ4v) is 5.84. The molecule has 1 saturated heterocycles. The standard InChI is InChI=1S/C29H41N5O4/c1-29(2,3)26(34-18-23(31-32-34)20-12-13-20)28(37)33-17-21(35)16-24(33)27(36)30-14-7-15-38-25-11-6-9-19-8-4-5-10-22(19)25/h4-5,8,10,18,20-21,24-26,35H,6-7,9,11-17H2,1-3H3,(H,30,36)/t21-,24+,25?,26-/m1/s1. The van der Waals surface area contributed by atoms with Crippen molar-refractivity contribution in [1.82, 2.24) is 25.2 Å². The first kappa shape index (κ1) is 26.8. The fraction of sp³-hybridized carbons (Fsp3) is 0.655. The first-order valence-corrected chi connectivity index (χ1v) is 14.1. The zero-order valence-electron chi connectivity index (χ0n) is 22.8. The Labute approximate surface area is 224 Å². The van der Waals surface area contributed by atoms with Crippen molar-refractivity contribution in [3.05, 3.63) is 47.3 Å². The van der Waals surface area contributed by atoms with Crippen LogP contribution < -0.4 is 5.32 Å². The molecule has 1 unspecified atom stereocenters. The van der Waals surface area contributed by atoms with Crippen molar-refractivity contribution >= 4 is 11.8 Å². The number of nitrogens with one attached hydrogen (secondary N) is 1. The second-order valence-electron chi connectivity index (χ2n) is 12.2. The maximum absolute atomic E-state index is 13.8. The average molecular weight is 524 g/mol. The summed E-state index contributed by atoms with van der Waals surface area (Å²) in [6.45, 7) is 7.11. The van der Waals surface area contributed by atoms with Gasteiger partial charge in [-0.1, -0.05) is 50.3 Å². The quantitative estimate of drug-likeness (QED) is 0.488. The lowest BCUT2D eigenvalue weighted by Crippen LogP contribution is -2.50. The number of aromatic nitrogens is 3. The summed E-state index contributed by atoms with van der Waals surface area (Å²) in [7, 11) is 0. The van der Waals surface area contributed by atoms with Crippen LogP contribution in [0.25, 0.3) is 0 Å². The summed E-state index contributed by atoms with van der Waals surface area (Å²) >= 11 is 0. The van der Waals surface area contributed by atoms with Gasteiger partial charge in [-0.25, -0.2) is 4.68 Å². The molecule has 9 nitrogen and oxygen atoms in total. The van der Waals surface area contributed by atoms with E-state index in [0.717, 1.165) is 37.8 Å². The van der Waals surface area contributed by atoms with Gasteiger partial charge in [-0.05, 0) is 55.1 Å². The molecule has 0 radical (unpaired) electrons. The number of rotatable bonds is 9. The number of nitrogens with zero attached hydrogens (tertiary/aromatic N) is 4. The zero-order chi connectivity index (χ0) is 26.9. The molecule has 4 atom stereocenters. The Morgan fingerprint density at radius 3 is 2.76 bits per heavy atom. The number of likely N-dealkylation sites (tertiary alicyclic amines) is 1. The molecule has 2 aromatic rings. The fourth-order valence-electron chi connectivity index (χ4n) is 5.84. The highest BCUT2D eigenvalue weighted by Gasteiger charge is 2.45. The number of benzene rings is 1. The number of aryl methyl sites for hydroxylation is 1. The molecule has 206 valence electrons. The van der Waals surface area contributed by atoms with E-state index in [2.05, 4.69) is 39.9 Å². The Morgan fingerprint density at radius 2 is 2.00 bits per heavy atom. The minimum absolute atomic E-state index is 0.111. The summed E-state index contributed by atoms with van der Waals surface area (Å²) in [6, 6.07) is 7.13. The van der Waals surface area contributed by atoms with Crippen molar-refractivity contribution in [2.24, 2.45) is 5.41 Å². The molecule has 3 aliphatic rings. The number of ether oxygens (including phenoxy) is 1. The van der Waals surface area contributed by atoms with Crippen molar-refractivity contribution < 1.29 is 19.4 Å². The number of β-amino-alcohol motifs (C(OH)–C–C–N with tert-alkyl or cyclic N) is 1. The number of amides is 2. The summed E-state index contributed by atoms with van der Waals surface area (Å²) in [6.07, 6.45) is 7.61. The van der Waals surface area contributed by atoms with Gasteiger partial charge in [-0.2, -0.15) is 0 Å². The second-order valence-corrected chi connectivity index (χ2v) is 12.2. The van der Waals surface area contributed by atoms with Gasteiger partial charge in [0.15, 0.2) is 0 Å². The van der Waals surface area contributed by atoms with Gasteiger partial charge in [0.05, 0.1) is 17.9 Å². The van der Waals surface area contributed by atoms with Gasteiger partial charge in [-0.15, -0.1) is 5.10 Å². The molecule has 0 bridgehead atoms. The van der Waals surface area contributed by atoms with Crippen LogP contribution in [0.15, 0.2) is 30.5 Å². The van der Waals surface area contributed by atoms with Gasteiger partial charge < -0.3 is 20.1 Å². The van der Waals surface area contributed by atoms with Gasteiger partial charge in [0.1, 0.15) is 12.1 Å². The Bertz CT molecular complexity index is 1140.